The molecule has 1 aliphatic rings. The Morgan fingerprint density at radius 3 is 2.22 bits per heavy atom. The van der Waals surface area contributed by atoms with E-state index in [-0.39, 0.29) is 24.1 Å². The highest BCUT2D eigenvalue weighted by Crippen LogP contribution is 2.23. The quantitative estimate of drug-likeness (QED) is 0.564. The Bertz CT molecular complexity index is 1070. The molecule has 0 radical (unpaired) electrons. The first kappa shape index (κ1) is 22.0. The first-order chi connectivity index (χ1) is 15.5. The summed E-state index contributed by atoms with van der Waals surface area (Å²) in [7, 11) is 0. The first-order valence-corrected chi connectivity index (χ1v) is 10.9. The smallest absolute Gasteiger partial charge is 0.227 e. The summed E-state index contributed by atoms with van der Waals surface area (Å²) in [6, 6.07) is 13.2. The number of piperazine rings is 1. The van der Waals surface area contributed by atoms with Crippen LogP contribution in [0.1, 0.15) is 17.9 Å². The standard InChI is InChI=1S/C24H23ClFN3O3/c25-19-5-3-18(4-6-19)21-16-27-22(32-21)9-10-23(30)28-11-13-29(14-12-28)24(31)15-17-1-7-20(26)8-2-17/h1-8,16H,9-15H2. The minimum Gasteiger partial charge on any atom is -0.441 e. The molecule has 0 saturated carbocycles. The van der Waals surface area contributed by atoms with Gasteiger partial charge in [-0.3, -0.25) is 9.59 Å². The number of rotatable bonds is 6. The van der Waals surface area contributed by atoms with Crippen molar-refractivity contribution in [3.8, 4) is 11.3 Å². The summed E-state index contributed by atoms with van der Waals surface area (Å²) in [6.45, 7) is 1.97. The number of aryl methyl sites for hydroxylation is 1. The maximum Gasteiger partial charge on any atom is 0.227 e. The summed E-state index contributed by atoms with van der Waals surface area (Å²) >= 11 is 5.91. The van der Waals surface area contributed by atoms with Crippen LogP contribution in [0.5, 0.6) is 0 Å². The van der Waals surface area contributed by atoms with Crippen LogP contribution in [0, 0.1) is 5.82 Å². The number of oxazole rings is 1. The SMILES string of the molecule is O=C(CCc1ncc(-c2ccc(Cl)cc2)o1)N1CCN(C(=O)Cc2ccc(F)cc2)CC1. The molecule has 166 valence electrons. The average molecular weight is 456 g/mol. The Kier molecular flexibility index (Phi) is 6.85. The second kappa shape index (κ2) is 9.96. The highest BCUT2D eigenvalue weighted by molar-refractivity contribution is 6.30. The highest BCUT2D eigenvalue weighted by atomic mass is 35.5. The van der Waals surface area contributed by atoms with Gasteiger partial charge in [0.2, 0.25) is 11.8 Å². The molecule has 1 saturated heterocycles. The third-order valence-corrected chi connectivity index (χ3v) is 5.74. The second-order valence-corrected chi connectivity index (χ2v) is 8.13. The lowest BCUT2D eigenvalue weighted by molar-refractivity contribution is -0.139. The van der Waals surface area contributed by atoms with Crippen LogP contribution in [-0.2, 0) is 22.4 Å². The second-order valence-electron chi connectivity index (χ2n) is 7.69. The predicted molar refractivity (Wildman–Crippen MR) is 119 cm³/mol. The molecule has 4 rings (SSSR count). The molecule has 2 aromatic carbocycles. The molecule has 8 heteroatoms. The van der Waals surface area contributed by atoms with Crippen LogP contribution in [0.15, 0.2) is 59.1 Å². The maximum absolute atomic E-state index is 13.0. The highest BCUT2D eigenvalue weighted by Gasteiger charge is 2.24. The zero-order valence-corrected chi connectivity index (χ0v) is 18.2. The van der Waals surface area contributed by atoms with Crippen LogP contribution in [0.4, 0.5) is 4.39 Å². The van der Waals surface area contributed by atoms with Crippen molar-refractivity contribution in [3.63, 3.8) is 0 Å². The number of benzene rings is 2. The van der Waals surface area contributed by atoms with E-state index in [1.54, 1.807) is 40.3 Å². The van der Waals surface area contributed by atoms with Crippen LogP contribution in [0.25, 0.3) is 11.3 Å². The molecule has 1 aliphatic heterocycles. The fraction of sp³-hybridized carbons (Fsp3) is 0.292. The summed E-state index contributed by atoms with van der Waals surface area (Å²) in [4.78, 5) is 32.9. The molecule has 1 aromatic heterocycles. The molecule has 0 atom stereocenters. The number of halogens is 2. The van der Waals surface area contributed by atoms with Gasteiger partial charge in [-0.25, -0.2) is 9.37 Å². The number of hydrogen-bond donors (Lipinski definition) is 0. The van der Waals surface area contributed by atoms with Gasteiger partial charge >= 0.3 is 0 Å². The van der Waals surface area contributed by atoms with Gasteiger partial charge < -0.3 is 14.2 Å². The Morgan fingerprint density at radius 2 is 1.56 bits per heavy atom. The maximum atomic E-state index is 13.0. The Morgan fingerprint density at radius 1 is 0.938 bits per heavy atom. The van der Waals surface area contributed by atoms with E-state index in [4.69, 9.17) is 16.0 Å². The summed E-state index contributed by atoms with van der Waals surface area (Å²) in [5.41, 5.74) is 1.65. The number of nitrogens with zero attached hydrogens (tertiary/aromatic N) is 3. The third kappa shape index (κ3) is 5.53. The normalized spacial score (nSPS) is 13.9. The van der Waals surface area contributed by atoms with E-state index in [0.717, 1.165) is 11.1 Å². The van der Waals surface area contributed by atoms with Crippen molar-refractivity contribution in [1.82, 2.24) is 14.8 Å². The molecule has 3 aromatic rings. The number of carbonyl (C=O) groups is 2. The van der Waals surface area contributed by atoms with Crippen molar-refractivity contribution in [2.75, 3.05) is 26.2 Å². The van der Waals surface area contributed by atoms with E-state index in [1.165, 1.54) is 12.1 Å². The summed E-state index contributed by atoms with van der Waals surface area (Å²) in [5, 5.41) is 0.649. The van der Waals surface area contributed by atoms with Crippen LogP contribution in [0.2, 0.25) is 5.02 Å². The van der Waals surface area contributed by atoms with Gasteiger partial charge in [0, 0.05) is 49.6 Å². The van der Waals surface area contributed by atoms with Gasteiger partial charge in [-0.05, 0) is 42.0 Å². The Labute approximate surface area is 190 Å². The van der Waals surface area contributed by atoms with E-state index in [0.29, 0.717) is 55.7 Å². The molecular formula is C24H23ClFN3O3. The lowest BCUT2D eigenvalue weighted by Gasteiger charge is -2.35. The van der Waals surface area contributed by atoms with Crippen LogP contribution < -0.4 is 0 Å². The van der Waals surface area contributed by atoms with Gasteiger partial charge in [0.1, 0.15) is 5.82 Å². The molecule has 32 heavy (non-hydrogen) atoms. The number of amides is 2. The third-order valence-electron chi connectivity index (χ3n) is 5.49. The molecular weight excluding hydrogens is 433 g/mol. The van der Waals surface area contributed by atoms with Crippen LogP contribution in [-0.4, -0.2) is 52.8 Å². The number of carbonyl (C=O) groups excluding carboxylic acids is 2. The van der Waals surface area contributed by atoms with Gasteiger partial charge in [-0.2, -0.15) is 0 Å². The lowest BCUT2D eigenvalue weighted by Crippen LogP contribution is -2.51. The van der Waals surface area contributed by atoms with E-state index in [2.05, 4.69) is 4.98 Å². The summed E-state index contributed by atoms with van der Waals surface area (Å²) < 4.78 is 18.8. The molecule has 2 amide bonds. The van der Waals surface area contributed by atoms with Gasteiger partial charge in [0.15, 0.2) is 11.7 Å². The van der Waals surface area contributed by atoms with E-state index >= 15 is 0 Å². The number of aromatic nitrogens is 1. The van der Waals surface area contributed by atoms with E-state index in [9.17, 15) is 14.0 Å². The van der Waals surface area contributed by atoms with Gasteiger partial charge in [-0.15, -0.1) is 0 Å². The molecule has 0 unspecified atom stereocenters. The van der Waals surface area contributed by atoms with Crippen molar-refractivity contribution < 1.29 is 18.4 Å². The van der Waals surface area contributed by atoms with E-state index in [1.807, 2.05) is 12.1 Å². The summed E-state index contributed by atoms with van der Waals surface area (Å²) in [5.74, 6) is 0.827. The molecule has 0 aliphatic carbocycles. The average Bonchev–Trinajstić information content (AvgIpc) is 3.28. The monoisotopic (exact) mass is 455 g/mol. The van der Waals surface area contributed by atoms with Crippen molar-refractivity contribution in [2.24, 2.45) is 0 Å². The summed E-state index contributed by atoms with van der Waals surface area (Å²) in [6.07, 6.45) is 2.59. The van der Waals surface area contributed by atoms with Crippen LogP contribution >= 0.6 is 11.6 Å². The largest absolute Gasteiger partial charge is 0.441 e. The van der Waals surface area contributed by atoms with Gasteiger partial charge in [0.25, 0.3) is 0 Å². The van der Waals surface area contributed by atoms with Gasteiger partial charge in [0.05, 0.1) is 12.6 Å². The minimum atomic E-state index is -0.320. The molecule has 0 bridgehead atoms. The van der Waals surface area contributed by atoms with E-state index < -0.39 is 0 Å². The zero-order valence-electron chi connectivity index (χ0n) is 17.5. The van der Waals surface area contributed by atoms with Gasteiger partial charge in [-0.1, -0.05) is 23.7 Å². The predicted octanol–water partition coefficient (Wildman–Crippen LogP) is 3.98. The molecule has 0 N–H and O–H groups in total. The van der Waals surface area contributed by atoms with Crippen molar-refractivity contribution in [1.29, 1.82) is 0 Å². The Balaban J connectivity index is 1.23. The molecule has 1 fully saturated rings. The van der Waals surface area contributed by atoms with Crippen molar-refractivity contribution in [2.45, 2.75) is 19.3 Å². The topological polar surface area (TPSA) is 66.7 Å². The van der Waals surface area contributed by atoms with Crippen molar-refractivity contribution in [3.05, 3.63) is 77.0 Å². The molecule has 0 spiro atoms. The van der Waals surface area contributed by atoms with Crippen molar-refractivity contribution >= 4 is 23.4 Å². The Hall–Kier alpha value is -3.19. The fourth-order valence-corrected chi connectivity index (χ4v) is 3.77. The zero-order chi connectivity index (χ0) is 22.5. The lowest BCUT2D eigenvalue weighted by atomic mass is 10.1. The van der Waals surface area contributed by atoms with Crippen LogP contribution in [0.3, 0.4) is 0 Å². The number of hydrogen-bond acceptors (Lipinski definition) is 4. The first-order valence-electron chi connectivity index (χ1n) is 10.5. The minimum absolute atomic E-state index is 0.0155. The molecule has 6 nitrogen and oxygen atoms in total. The molecule has 2 heterocycles. The fourth-order valence-electron chi connectivity index (χ4n) is 3.64.